The molecule has 0 amide bonds. The minimum Gasteiger partial charge on any atom is -0.311 e. The lowest BCUT2D eigenvalue weighted by atomic mass is 9.80. The third kappa shape index (κ3) is 4.29. The van der Waals surface area contributed by atoms with Crippen LogP contribution in [0, 0.1) is 12.8 Å². The Morgan fingerprint density at radius 3 is 2.37 bits per heavy atom. The molecule has 3 heteroatoms. The van der Waals surface area contributed by atoms with E-state index in [2.05, 4.69) is 36.9 Å². The van der Waals surface area contributed by atoms with E-state index < -0.39 is 0 Å². The zero-order chi connectivity index (χ0) is 19.4. The lowest BCUT2D eigenvalue weighted by molar-refractivity contribution is 0.116. The van der Waals surface area contributed by atoms with Crippen molar-refractivity contribution < 1.29 is 0 Å². The van der Waals surface area contributed by atoms with Crippen molar-refractivity contribution in [3.63, 3.8) is 0 Å². The van der Waals surface area contributed by atoms with Crippen molar-refractivity contribution in [3.05, 3.63) is 45.7 Å². The molecule has 0 bridgehead atoms. The highest BCUT2D eigenvalue weighted by Gasteiger charge is 2.29. The molecule has 3 nitrogen and oxygen atoms in total. The molecule has 0 radical (unpaired) electrons. The van der Waals surface area contributed by atoms with E-state index in [1.54, 1.807) is 0 Å². The average molecular weight is 369 g/mol. The van der Waals surface area contributed by atoms with E-state index in [0.29, 0.717) is 6.04 Å². The first-order valence-electron chi connectivity index (χ1n) is 10.9. The van der Waals surface area contributed by atoms with Crippen LogP contribution in [0.25, 0.3) is 10.9 Å². The zero-order valence-electron chi connectivity index (χ0n) is 17.6. The smallest absolute Gasteiger partial charge is 0.253 e. The van der Waals surface area contributed by atoms with Gasteiger partial charge in [-0.2, -0.15) is 0 Å². The molecule has 27 heavy (non-hydrogen) atoms. The summed E-state index contributed by atoms with van der Waals surface area (Å²) in [7, 11) is 1.91. The number of hydrogen-bond acceptors (Lipinski definition) is 2. The summed E-state index contributed by atoms with van der Waals surface area (Å²) in [6.45, 7) is 8.78. The van der Waals surface area contributed by atoms with Crippen molar-refractivity contribution in [1.29, 1.82) is 0 Å². The summed E-state index contributed by atoms with van der Waals surface area (Å²) in [4.78, 5) is 15.2. The first-order chi connectivity index (χ1) is 13.1. The summed E-state index contributed by atoms with van der Waals surface area (Å²) in [5.41, 5.74) is 3.40. The molecule has 1 unspecified atom stereocenters. The minimum atomic E-state index is 0.118. The Balaban J connectivity index is 2.08. The van der Waals surface area contributed by atoms with E-state index in [9.17, 15) is 4.79 Å². The van der Waals surface area contributed by atoms with Gasteiger partial charge in [0.15, 0.2) is 0 Å². The molecule has 1 saturated carbocycles. The molecule has 3 rings (SSSR count). The van der Waals surface area contributed by atoms with Crippen LogP contribution in [0.4, 0.5) is 0 Å². The first kappa shape index (κ1) is 20.1. The fourth-order valence-corrected chi connectivity index (χ4v) is 5.02. The number of benzene rings is 1. The maximum atomic E-state index is 12.5. The third-order valence-electron chi connectivity index (χ3n) is 6.28. The van der Waals surface area contributed by atoms with Gasteiger partial charge in [-0.05, 0) is 74.7 Å². The predicted molar refractivity (Wildman–Crippen MR) is 115 cm³/mol. The lowest BCUT2D eigenvalue weighted by Gasteiger charge is -2.39. The van der Waals surface area contributed by atoms with Crippen molar-refractivity contribution in [2.75, 3.05) is 13.1 Å². The molecule has 0 spiro atoms. The molecule has 0 saturated heterocycles. The van der Waals surface area contributed by atoms with E-state index in [-0.39, 0.29) is 5.56 Å². The Labute approximate surface area is 164 Å². The Hall–Kier alpha value is -1.61. The van der Waals surface area contributed by atoms with Crippen molar-refractivity contribution >= 4 is 10.9 Å². The van der Waals surface area contributed by atoms with E-state index in [0.717, 1.165) is 30.1 Å². The second kappa shape index (κ2) is 9.05. The van der Waals surface area contributed by atoms with Crippen molar-refractivity contribution in [2.24, 2.45) is 13.0 Å². The Morgan fingerprint density at radius 1 is 1.07 bits per heavy atom. The molecule has 1 aliphatic carbocycles. The Bertz CT molecular complexity index is 811. The highest BCUT2D eigenvalue weighted by Crippen LogP contribution is 2.39. The second-order valence-electron chi connectivity index (χ2n) is 8.39. The van der Waals surface area contributed by atoms with Crippen LogP contribution in [0.5, 0.6) is 0 Å². The fraction of sp³-hybridized carbons (Fsp3) is 0.625. The highest BCUT2D eigenvalue weighted by molar-refractivity contribution is 5.80. The summed E-state index contributed by atoms with van der Waals surface area (Å²) < 4.78 is 1.83. The van der Waals surface area contributed by atoms with Gasteiger partial charge in [0.25, 0.3) is 5.56 Å². The van der Waals surface area contributed by atoms with Crippen LogP contribution in [0.1, 0.15) is 76.0 Å². The van der Waals surface area contributed by atoms with Crippen LogP contribution in [0.3, 0.4) is 0 Å². The average Bonchev–Trinajstić information content (AvgIpc) is 2.68. The van der Waals surface area contributed by atoms with E-state index in [1.807, 2.05) is 24.6 Å². The van der Waals surface area contributed by atoms with Gasteiger partial charge in [0.05, 0.1) is 5.52 Å². The number of rotatable bonds is 7. The first-order valence-corrected chi connectivity index (χ1v) is 10.9. The Morgan fingerprint density at radius 2 is 1.74 bits per heavy atom. The topological polar surface area (TPSA) is 25.2 Å². The third-order valence-corrected chi connectivity index (χ3v) is 6.28. The van der Waals surface area contributed by atoms with Crippen LogP contribution >= 0.6 is 0 Å². The molecular weight excluding hydrogens is 332 g/mol. The molecule has 1 aromatic heterocycles. The van der Waals surface area contributed by atoms with E-state index in [1.165, 1.54) is 55.9 Å². The summed E-state index contributed by atoms with van der Waals surface area (Å²) in [5, 5.41) is 1.17. The normalized spacial score (nSPS) is 16.9. The molecule has 1 aliphatic rings. The van der Waals surface area contributed by atoms with Gasteiger partial charge >= 0.3 is 0 Å². The summed E-state index contributed by atoms with van der Waals surface area (Å²) >= 11 is 0. The van der Waals surface area contributed by atoms with Gasteiger partial charge in [0.2, 0.25) is 0 Å². The zero-order valence-corrected chi connectivity index (χ0v) is 17.6. The number of pyridine rings is 1. The number of aryl methyl sites for hydroxylation is 2. The monoisotopic (exact) mass is 368 g/mol. The molecule has 2 aromatic rings. The van der Waals surface area contributed by atoms with E-state index in [4.69, 9.17) is 0 Å². The van der Waals surface area contributed by atoms with Gasteiger partial charge in [-0.3, -0.25) is 9.69 Å². The summed E-state index contributed by atoms with van der Waals surface area (Å²) in [6.07, 6.45) is 9.15. The number of nitrogens with zero attached hydrogens (tertiary/aromatic N) is 2. The molecule has 0 N–H and O–H groups in total. The van der Waals surface area contributed by atoms with Crippen LogP contribution in [0.2, 0.25) is 0 Å². The van der Waals surface area contributed by atoms with Gasteiger partial charge in [0.1, 0.15) is 0 Å². The minimum absolute atomic E-state index is 0.118. The van der Waals surface area contributed by atoms with Crippen LogP contribution in [0.15, 0.2) is 29.1 Å². The van der Waals surface area contributed by atoms with E-state index >= 15 is 0 Å². The van der Waals surface area contributed by atoms with Crippen LogP contribution in [-0.4, -0.2) is 22.6 Å². The molecule has 1 atom stereocenters. The molecule has 148 valence electrons. The SMILES string of the molecule is CCCN(CCC)C(c1ccc2cc(C)c(=O)n(C)c2c1)C1CCCCC1. The highest BCUT2D eigenvalue weighted by atomic mass is 16.1. The quantitative estimate of drug-likeness (QED) is 0.636. The van der Waals surface area contributed by atoms with Crippen LogP contribution in [-0.2, 0) is 7.05 Å². The summed E-state index contributed by atoms with van der Waals surface area (Å²) in [5.74, 6) is 0.733. The van der Waals surface area contributed by atoms with Gasteiger partial charge in [-0.25, -0.2) is 0 Å². The van der Waals surface area contributed by atoms with Gasteiger partial charge in [-0.15, -0.1) is 0 Å². The molecule has 1 heterocycles. The number of fused-ring (bicyclic) bond motifs is 1. The summed E-state index contributed by atoms with van der Waals surface area (Å²) in [6, 6.07) is 9.36. The molecule has 1 fully saturated rings. The predicted octanol–water partition coefficient (Wildman–Crippen LogP) is 5.59. The van der Waals surface area contributed by atoms with Gasteiger partial charge < -0.3 is 4.57 Å². The Kier molecular flexibility index (Phi) is 6.75. The molecule has 1 aromatic carbocycles. The molecular formula is C24H36N2O. The lowest BCUT2D eigenvalue weighted by Crippen LogP contribution is -2.36. The maximum absolute atomic E-state index is 12.5. The number of aromatic nitrogens is 1. The number of hydrogen-bond donors (Lipinski definition) is 0. The second-order valence-corrected chi connectivity index (χ2v) is 8.39. The van der Waals surface area contributed by atoms with Gasteiger partial charge in [0, 0.05) is 18.7 Å². The molecule has 0 aliphatic heterocycles. The van der Waals surface area contributed by atoms with Gasteiger partial charge in [-0.1, -0.05) is 45.2 Å². The maximum Gasteiger partial charge on any atom is 0.253 e. The van der Waals surface area contributed by atoms with Crippen molar-refractivity contribution in [2.45, 2.75) is 71.8 Å². The standard InChI is InChI=1S/C24H36N2O/c1-5-14-26(15-6-2)23(19-10-8-7-9-11-19)21-13-12-20-16-18(3)24(27)25(4)22(20)17-21/h12-13,16-17,19,23H,5-11,14-15H2,1-4H3. The van der Waals surface area contributed by atoms with Crippen molar-refractivity contribution in [1.82, 2.24) is 9.47 Å². The fourth-order valence-electron chi connectivity index (χ4n) is 5.02. The van der Waals surface area contributed by atoms with Crippen molar-refractivity contribution in [3.8, 4) is 0 Å². The van der Waals surface area contributed by atoms with Crippen LogP contribution < -0.4 is 5.56 Å². The largest absolute Gasteiger partial charge is 0.311 e.